The highest BCUT2D eigenvalue weighted by molar-refractivity contribution is 5.75. The van der Waals surface area contributed by atoms with Gasteiger partial charge in [-0.1, -0.05) is 0 Å². The zero-order valence-corrected chi connectivity index (χ0v) is 11.5. The van der Waals surface area contributed by atoms with Gasteiger partial charge in [0.25, 0.3) is 0 Å². The molecule has 0 saturated heterocycles. The van der Waals surface area contributed by atoms with Crippen LogP contribution in [-0.2, 0) is 9.53 Å². The first kappa shape index (κ1) is 14.9. The number of hydrogen-bond donors (Lipinski definition) is 1. The molecule has 0 spiro atoms. The van der Waals surface area contributed by atoms with Gasteiger partial charge in [0, 0.05) is 11.8 Å². The van der Waals surface area contributed by atoms with Crippen molar-refractivity contribution in [3.8, 4) is 5.88 Å². The molecule has 1 rings (SSSR count). The van der Waals surface area contributed by atoms with E-state index < -0.39 is 17.7 Å². The van der Waals surface area contributed by atoms with Gasteiger partial charge in [0.2, 0.25) is 5.88 Å². The van der Waals surface area contributed by atoms with Crippen LogP contribution in [0.15, 0.2) is 18.3 Å². The van der Waals surface area contributed by atoms with E-state index in [4.69, 9.17) is 9.47 Å². The molecule has 0 aliphatic carbocycles. The van der Waals surface area contributed by atoms with E-state index in [-0.39, 0.29) is 5.88 Å². The number of rotatable bonds is 4. The number of carbonyl (C=O) groups is 2. The number of carbonyl (C=O) groups excluding carboxylic acids is 2. The molecule has 1 N–H and O–H groups in total. The fourth-order valence-corrected chi connectivity index (χ4v) is 1.43. The fraction of sp³-hybridized carbons (Fsp3) is 0.462. The number of nitrogens with one attached hydrogen (secondary N) is 1. The number of methoxy groups -OCH3 is 1. The molecule has 6 heteroatoms. The van der Waals surface area contributed by atoms with Crippen molar-refractivity contribution in [3.05, 3.63) is 23.9 Å². The molecule has 6 nitrogen and oxygen atoms in total. The van der Waals surface area contributed by atoms with E-state index in [0.717, 1.165) is 0 Å². The van der Waals surface area contributed by atoms with Gasteiger partial charge in [-0.25, -0.2) is 9.78 Å². The number of alkyl carbamates (subject to hydrolysis) is 1. The molecule has 0 radical (unpaired) electrons. The van der Waals surface area contributed by atoms with Gasteiger partial charge in [-0.2, -0.15) is 0 Å². The zero-order valence-electron chi connectivity index (χ0n) is 11.5. The van der Waals surface area contributed by atoms with Crippen LogP contribution in [0, 0.1) is 0 Å². The van der Waals surface area contributed by atoms with Crippen LogP contribution in [0.4, 0.5) is 4.79 Å². The number of nitrogens with zero attached hydrogens (tertiary/aromatic N) is 1. The van der Waals surface area contributed by atoms with E-state index in [0.29, 0.717) is 11.8 Å². The minimum atomic E-state index is -0.862. The lowest BCUT2D eigenvalue weighted by atomic mass is 10.1. The van der Waals surface area contributed by atoms with E-state index in [1.54, 1.807) is 32.9 Å². The van der Waals surface area contributed by atoms with Gasteiger partial charge in [-0.05, 0) is 32.9 Å². The first-order chi connectivity index (χ1) is 8.87. The zero-order chi connectivity index (χ0) is 14.5. The average Bonchev–Trinajstić information content (AvgIpc) is 2.33. The molecular formula is C13H18N2O4. The number of hydrogen-bond acceptors (Lipinski definition) is 5. The number of pyridine rings is 1. The van der Waals surface area contributed by atoms with E-state index in [2.05, 4.69) is 10.3 Å². The Morgan fingerprint density at radius 3 is 2.68 bits per heavy atom. The molecule has 1 heterocycles. The van der Waals surface area contributed by atoms with Crippen LogP contribution in [-0.4, -0.2) is 30.1 Å². The van der Waals surface area contributed by atoms with Crippen molar-refractivity contribution < 1.29 is 19.1 Å². The van der Waals surface area contributed by atoms with E-state index in [9.17, 15) is 9.59 Å². The Labute approximate surface area is 112 Å². The van der Waals surface area contributed by atoms with Crippen LogP contribution in [0.1, 0.15) is 32.4 Å². The van der Waals surface area contributed by atoms with E-state index in [1.807, 2.05) is 0 Å². The molecule has 104 valence electrons. The average molecular weight is 266 g/mol. The summed E-state index contributed by atoms with van der Waals surface area (Å²) in [5.41, 5.74) is -0.151. The number of ether oxygens (including phenoxy) is 2. The Bertz CT molecular complexity index is 454. The molecule has 0 fully saturated rings. The molecule has 0 aliphatic heterocycles. The van der Waals surface area contributed by atoms with Gasteiger partial charge < -0.3 is 19.6 Å². The standard InChI is InChI=1S/C13H18N2O4/c1-13(2,3)19-12(17)15-10(8-16)9-6-5-7-14-11(9)18-4/h5-8,10H,1-4H3,(H,15,17). The molecule has 0 aromatic carbocycles. The van der Waals surface area contributed by atoms with Crippen molar-refractivity contribution in [2.75, 3.05) is 7.11 Å². The summed E-state index contributed by atoms with van der Waals surface area (Å²) < 4.78 is 10.1. The number of amides is 1. The third kappa shape index (κ3) is 4.57. The van der Waals surface area contributed by atoms with Crippen LogP contribution in [0.5, 0.6) is 5.88 Å². The van der Waals surface area contributed by atoms with Crippen molar-refractivity contribution in [1.82, 2.24) is 10.3 Å². The molecule has 0 bridgehead atoms. The second-order valence-electron chi connectivity index (χ2n) is 4.86. The summed E-state index contributed by atoms with van der Waals surface area (Å²) in [6.07, 6.45) is 1.47. The Morgan fingerprint density at radius 1 is 1.47 bits per heavy atom. The lowest BCUT2D eigenvalue weighted by molar-refractivity contribution is -0.109. The summed E-state index contributed by atoms with van der Waals surface area (Å²) in [7, 11) is 1.45. The van der Waals surface area contributed by atoms with E-state index in [1.165, 1.54) is 13.3 Å². The van der Waals surface area contributed by atoms with Crippen molar-refractivity contribution >= 4 is 12.4 Å². The maximum absolute atomic E-state index is 11.6. The number of aldehydes is 1. The summed E-state index contributed by atoms with van der Waals surface area (Å²) in [6.45, 7) is 5.23. The minimum Gasteiger partial charge on any atom is -0.481 e. The molecule has 1 unspecified atom stereocenters. The molecule has 1 aromatic heterocycles. The van der Waals surface area contributed by atoms with Crippen LogP contribution < -0.4 is 10.1 Å². The summed E-state index contributed by atoms with van der Waals surface area (Å²) in [6, 6.07) is 2.45. The molecule has 0 aliphatic rings. The van der Waals surface area contributed by atoms with Crippen LogP contribution in [0.25, 0.3) is 0 Å². The fourth-order valence-electron chi connectivity index (χ4n) is 1.43. The molecular weight excluding hydrogens is 248 g/mol. The Balaban J connectivity index is 2.84. The van der Waals surface area contributed by atoms with Gasteiger partial charge in [0.05, 0.1) is 7.11 Å². The largest absolute Gasteiger partial charge is 0.481 e. The molecule has 0 saturated carbocycles. The minimum absolute atomic E-state index is 0.288. The van der Waals surface area contributed by atoms with Gasteiger partial charge in [-0.15, -0.1) is 0 Å². The SMILES string of the molecule is COc1ncccc1C(C=O)NC(=O)OC(C)(C)C. The summed E-state index contributed by atoms with van der Waals surface area (Å²) in [5, 5.41) is 2.47. The smallest absolute Gasteiger partial charge is 0.408 e. The van der Waals surface area contributed by atoms with Crippen LogP contribution in [0.2, 0.25) is 0 Å². The van der Waals surface area contributed by atoms with Gasteiger partial charge >= 0.3 is 6.09 Å². The van der Waals surface area contributed by atoms with Crippen LogP contribution >= 0.6 is 0 Å². The molecule has 1 atom stereocenters. The molecule has 1 amide bonds. The van der Waals surface area contributed by atoms with Crippen molar-refractivity contribution in [3.63, 3.8) is 0 Å². The normalized spacial score (nSPS) is 12.4. The first-order valence-corrected chi connectivity index (χ1v) is 5.81. The highest BCUT2D eigenvalue weighted by atomic mass is 16.6. The Kier molecular flexibility index (Phi) is 4.86. The van der Waals surface area contributed by atoms with Crippen LogP contribution in [0.3, 0.4) is 0 Å². The molecule has 19 heavy (non-hydrogen) atoms. The Hall–Kier alpha value is -2.11. The Morgan fingerprint density at radius 2 is 2.16 bits per heavy atom. The maximum atomic E-state index is 11.6. The second kappa shape index (κ2) is 6.17. The number of aromatic nitrogens is 1. The lowest BCUT2D eigenvalue weighted by Crippen LogP contribution is -2.35. The van der Waals surface area contributed by atoms with Gasteiger partial charge in [-0.3, -0.25) is 0 Å². The van der Waals surface area contributed by atoms with Gasteiger partial charge in [0.15, 0.2) is 0 Å². The quantitative estimate of drug-likeness (QED) is 0.841. The highest BCUT2D eigenvalue weighted by Crippen LogP contribution is 2.21. The second-order valence-corrected chi connectivity index (χ2v) is 4.86. The van der Waals surface area contributed by atoms with Crippen molar-refractivity contribution in [2.24, 2.45) is 0 Å². The summed E-state index contributed by atoms with van der Waals surface area (Å²) in [5.74, 6) is 0.288. The molecule has 1 aromatic rings. The summed E-state index contributed by atoms with van der Waals surface area (Å²) >= 11 is 0. The summed E-state index contributed by atoms with van der Waals surface area (Å²) in [4.78, 5) is 26.7. The highest BCUT2D eigenvalue weighted by Gasteiger charge is 2.22. The third-order valence-corrected chi connectivity index (χ3v) is 2.14. The lowest BCUT2D eigenvalue weighted by Gasteiger charge is -2.22. The predicted molar refractivity (Wildman–Crippen MR) is 69.0 cm³/mol. The third-order valence-electron chi connectivity index (χ3n) is 2.14. The maximum Gasteiger partial charge on any atom is 0.408 e. The van der Waals surface area contributed by atoms with Crippen molar-refractivity contribution in [1.29, 1.82) is 0 Å². The first-order valence-electron chi connectivity index (χ1n) is 5.81. The predicted octanol–water partition coefficient (Wildman–Crippen LogP) is 1.85. The monoisotopic (exact) mass is 266 g/mol. The van der Waals surface area contributed by atoms with Crippen molar-refractivity contribution in [2.45, 2.75) is 32.4 Å². The van der Waals surface area contributed by atoms with Gasteiger partial charge in [0.1, 0.15) is 17.9 Å². The topological polar surface area (TPSA) is 77.5 Å². The van der Waals surface area contributed by atoms with E-state index >= 15 is 0 Å².